The van der Waals surface area contributed by atoms with Gasteiger partial charge < -0.3 is 10.3 Å². The van der Waals surface area contributed by atoms with Gasteiger partial charge in [0, 0.05) is 4.90 Å². The summed E-state index contributed by atoms with van der Waals surface area (Å²) in [4.78, 5) is 5.11. The lowest BCUT2D eigenvalue weighted by Gasteiger charge is -1.97. The number of benzene rings is 1. The Hall–Kier alpha value is -1.86. The van der Waals surface area contributed by atoms with Crippen molar-refractivity contribution in [2.75, 3.05) is 5.73 Å². The molecule has 0 bridgehead atoms. The number of anilines is 1. The lowest BCUT2D eigenvalue weighted by atomic mass is 10.3. The number of aromatic nitrogens is 2. The first-order valence-electron chi connectivity index (χ1n) is 5.76. The smallest absolute Gasteiger partial charge is 0.260 e. The Bertz CT molecular complexity index is 726. The molecule has 7 heteroatoms. The van der Waals surface area contributed by atoms with Crippen molar-refractivity contribution in [3.63, 3.8) is 0 Å². The lowest BCUT2D eigenvalue weighted by molar-refractivity contribution is 0.425. The number of nitrogens with two attached hydrogens (primary N) is 1. The SMILES string of the molecule is Nc1sccc1-c1nc(CSc2cccc(F)c2)no1. The minimum Gasteiger partial charge on any atom is -0.390 e. The number of thiophene rings is 1. The van der Waals surface area contributed by atoms with Crippen LogP contribution < -0.4 is 5.73 Å². The molecule has 0 amide bonds. The Balaban J connectivity index is 1.70. The highest BCUT2D eigenvalue weighted by Crippen LogP contribution is 2.30. The van der Waals surface area contributed by atoms with Crippen molar-refractivity contribution in [1.29, 1.82) is 0 Å². The molecule has 0 unspecified atom stereocenters. The minimum absolute atomic E-state index is 0.255. The molecule has 0 aliphatic carbocycles. The summed E-state index contributed by atoms with van der Waals surface area (Å²) in [6, 6.07) is 8.24. The van der Waals surface area contributed by atoms with E-state index in [1.54, 1.807) is 6.07 Å². The van der Waals surface area contributed by atoms with Crippen molar-refractivity contribution < 1.29 is 8.91 Å². The molecule has 0 saturated heterocycles. The van der Waals surface area contributed by atoms with Gasteiger partial charge in [0.2, 0.25) is 0 Å². The molecule has 0 radical (unpaired) electrons. The Morgan fingerprint density at radius 2 is 2.25 bits per heavy atom. The van der Waals surface area contributed by atoms with Gasteiger partial charge in [-0.25, -0.2) is 4.39 Å². The number of rotatable bonds is 4. The summed E-state index contributed by atoms with van der Waals surface area (Å²) in [6.45, 7) is 0. The van der Waals surface area contributed by atoms with E-state index in [1.807, 2.05) is 17.5 Å². The van der Waals surface area contributed by atoms with Crippen LogP contribution in [0.2, 0.25) is 0 Å². The number of halogens is 1. The van der Waals surface area contributed by atoms with Crippen LogP contribution in [0.15, 0.2) is 45.1 Å². The van der Waals surface area contributed by atoms with Gasteiger partial charge in [0.25, 0.3) is 5.89 Å². The fraction of sp³-hybridized carbons (Fsp3) is 0.0769. The summed E-state index contributed by atoms with van der Waals surface area (Å²) in [5.74, 6) is 1.23. The molecule has 4 nitrogen and oxygen atoms in total. The summed E-state index contributed by atoms with van der Waals surface area (Å²) in [6.07, 6.45) is 0. The maximum atomic E-state index is 13.1. The molecule has 2 aromatic heterocycles. The first-order valence-corrected chi connectivity index (χ1v) is 7.63. The number of nitrogen functional groups attached to an aromatic ring is 1. The molecule has 0 spiro atoms. The number of thioether (sulfide) groups is 1. The highest BCUT2D eigenvalue weighted by Gasteiger charge is 2.12. The van der Waals surface area contributed by atoms with Gasteiger partial charge >= 0.3 is 0 Å². The zero-order valence-electron chi connectivity index (χ0n) is 10.2. The van der Waals surface area contributed by atoms with Crippen LogP contribution in [0.1, 0.15) is 5.82 Å². The van der Waals surface area contributed by atoms with E-state index in [4.69, 9.17) is 10.3 Å². The molecule has 102 valence electrons. The standard InChI is InChI=1S/C13H10FN3OS2/c14-8-2-1-3-9(6-8)20-7-11-16-13(18-17-11)10-4-5-19-12(10)15/h1-6H,7,15H2. The van der Waals surface area contributed by atoms with Gasteiger partial charge in [0.1, 0.15) is 5.82 Å². The average molecular weight is 307 g/mol. The van der Waals surface area contributed by atoms with Gasteiger partial charge in [-0.15, -0.1) is 23.1 Å². The van der Waals surface area contributed by atoms with Crippen LogP contribution in [0, 0.1) is 5.82 Å². The number of nitrogens with zero attached hydrogens (tertiary/aromatic N) is 2. The Labute approximate surface area is 122 Å². The second-order valence-corrected chi connectivity index (χ2v) is 5.96. The fourth-order valence-electron chi connectivity index (χ4n) is 1.62. The molecule has 20 heavy (non-hydrogen) atoms. The van der Waals surface area contributed by atoms with Crippen LogP contribution in [0.5, 0.6) is 0 Å². The fourth-order valence-corrected chi connectivity index (χ4v) is 3.04. The first kappa shape index (κ1) is 13.1. The molecule has 0 fully saturated rings. The Kier molecular flexibility index (Phi) is 3.70. The zero-order chi connectivity index (χ0) is 13.9. The predicted octanol–water partition coefficient (Wildman–Crippen LogP) is 3.81. The van der Waals surface area contributed by atoms with Gasteiger partial charge in [-0.3, -0.25) is 0 Å². The van der Waals surface area contributed by atoms with E-state index in [2.05, 4.69) is 10.1 Å². The summed E-state index contributed by atoms with van der Waals surface area (Å²) in [5, 5.41) is 6.42. The monoisotopic (exact) mass is 307 g/mol. The van der Waals surface area contributed by atoms with E-state index in [0.717, 1.165) is 10.5 Å². The highest BCUT2D eigenvalue weighted by molar-refractivity contribution is 7.98. The third kappa shape index (κ3) is 2.83. The highest BCUT2D eigenvalue weighted by atomic mass is 32.2. The summed E-state index contributed by atoms with van der Waals surface area (Å²) in [5.41, 5.74) is 6.56. The molecular formula is C13H10FN3OS2. The van der Waals surface area contributed by atoms with E-state index < -0.39 is 0 Å². The lowest BCUT2D eigenvalue weighted by Crippen LogP contribution is -1.86. The van der Waals surface area contributed by atoms with Crippen LogP contribution >= 0.6 is 23.1 Å². The molecule has 3 rings (SSSR count). The predicted molar refractivity (Wildman–Crippen MR) is 78.0 cm³/mol. The third-order valence-corrected chi connectivity index (χ3v) is 4.29. The normalized spacial score (nSPS) is 10.8. The summed E-state index contributed by atoms with van der Waals surface area (Å²) >= 11 is 2.87. The van der Waals surface area contributed by atoms with Crippen molar-refractivity contribution in [2.24, 2.45) is 0 Å². The van der Waals surface area contributed by atoms with Gasteiger partial charge in [0.15, 0.2) is 5.82 Å². The topological polar surface area (TPSA) is 64.9 Å². The molecule has 0 aliphatic heterocycles. The van der Waals surface area contributed by atoms with Gasteiger partial charge in [-0.05, 0) is 29.6 Å². The minimum atomic E-state index is -0.255. The van der Waals surface area contributed by atoms with Gasteiger partial charge in [0.05, 0.1) is 16.3 Å². The van der Waals surface area contributed by atoms with E-state index in [-0.39, 0.29) is 5.82 Å². The maximum Gasteiger partial charge on any atom is 0.260 e. The van der Waals surface area contributed by atoms with Crippen molar-refractivity contribution in [3.8, 4) is 11.5 Å². The molecule has 0 aliphatic rings. The molecule has 3 aromatic rings. The van der Waals surface area contributed by atoms with Crippen LogP contribution in [-0.2, 0) is 5.75 Å². The van der Waals surface area contributed by atoms with Crippen LogP contribution in [0.3, 0.4) is 0 Å². The Morgan fingerprint density at radius 1 is 1.35 bits per heavy atom. The summed E-state index contributed by atoms with van der Waals surface area (Å²) in [7, 11) is 0. The zero-order valence-corrected chi connectivity index (χ0v) is 11.9. The van der Waals surface area contributed by atoms with E-state index >= 15 is 0 Å². The molecular weight excluding hydrogens is 297 g/mol. The quantitative estimate of drug-likeness (QED) is 0.742. The van der Waals surface area contributed by atoms with E-state index in [1.165, 1.54) is 35.2 Å². The second kappa shape index (κ2) is 5.64. The second-order valence-electron chi connectivity index (χ2n) is 3.96. The van der Waals surface area contributed by atoms with Crippen molar-refractivity contribution in [2.45, 2.75) is 10.6 Å². The maximum absolute atomic E-state index is 13.1. The number of hydrogen-bond donors (Lipinski definition) is 1. The van der Waals surface area contributed by atoms with Crippen LogP contribution in [0.25, 0.3) is 11.5 Å². The van der Waals surface area contributed by atoms with Crippen molar-refractivity contribution in [3.05, 3.63) is 47.4 Å². The van der Waals surface area contributed by atoms with Crippen molar-refractivity contribution >= 4 is 28.1 Å². The Morgan fingerprint density at radius 3 is 3.00 bits per heavy atom. The molecule has 2 heterocycles. The molecule has 0 saturated carbocycles. The summed E-state index contributed by atoms with van der Waals surface area (Å²) < 4.78 is 18.2. The van der Waals surface area contributed by atoms with E-state index in [9.17, 15) is 4.39 Å². The van der Waals surface area contributed by atoms with Crippen LogP contribution in [-0.4, -0.2) is 10.1 Å². The number of hydrogen-bond acceptors (Lipinski definition) is 6. The first-order chi connectivity index (χ1) is 9.72. The molecule has 0 atom stereocenters. The average Bonchev–Trinajstić information content (AvgIpc) is 3.05. The van der Waals surface area contributed by atoms with Gasteiger partial charge in [-0.2, -0.15) is 4.98 Å². The third-order valence-electron chi connectivity index (χ3n) is 2.56. The largest absolute Gasteiger partial charge is 0.390 e. The van der Waals surface area contributed by atoms with Crippen molar-refractivity contribution in [1.82, 2.24) is 10.1 Å². The molecule has 1 aromatic carbocycles. The van der Waals surface area contributed by atoms with Gasteiger partial charge in [-0.1, -0.05) is 11.2 Å². The molecule has 2 N–H and O–H groups in total. The van der Waals surface area contributed by atoms with E-state index in [0.29, 0.717) is 22.5 Å². The van der Waals surface area contributed by atoms with Crippen LogP contribution in [0.4, 0.5) is 9.39 Å².